The maximum Gasteiger partial charge on any atom is 0.311 e. The smallest absolute Gasteiger partial charge is 0.311 e. The fraction of sp³-hybridized carbons (Fsp3) is 0.650. The molecular weight excluding hydrogens is 338 g/mol. The third-order valence-corrected chi connectivity index (χ3v) is 4.98. The first-order valence-corrected chi connectivity index (χ1v) is 9.81. The summed E-state index contributed by atoms with van der Waals surface area (Å²) in [7, 11) is 2.16. The second-order valence-corrected chi connectivity index (χ2v) is 7.23. The zero-order valence-corrected chi connectivity index (χ0v) is 16.2. The van der Waals surface area contributed by atoms with Gasteiger partial charge in [-0.3, -0.25) is 4.79 Å². The molecule has 1 saturated heterocycles. The molecule has 0 aromatic heterocycles. The minimum absolute atomic E-state index is 0.223. The molecule has 0 amide bonds. The molecule has 2 rings (SSSR count). The van der Waals surface area contributed by atoms with Crippen LogP contribution in [0.3, 0.4) is 0 Å². The van der Waals surface area contributed by atoms with Crippen LogP contribution in [0.4, 0.5) is 0 Å². The lowest BCUT2D eigenvalue weighted by Gasteiger charge is -2.19. The number of esters is 1. The van der Waals surface area contributed by atoms with E-state index in [1.54, 1.807) is 18.2 Å². The molecule has 1 aromatic carbocycles. The summed E-state index contributed by atoms with van der Waals surface area (Å²) in [5.41, 5.74) is 0. The normalized spacial score (nSPS) is 17.6. The summed E-state index contributed by atoms with van der Waals surface area (Å²) in [6.07, 6.45) is 8.09. The first kappa shape index (κ1) is 20.1. The molecular formula is C20H30ClNO3. The first-order chi connectivity index (χ1) is 12.1. The minimum atomic E-state index is -0.223. The molecule has 1 atom stereocenters. The van der Waals surface area contributed by atoms with Gasteiger partial charge in [0, 0.05) is 23.6 Å². The number of likely N-dealkylation sites (tertiary alicyclic amines) is 1. The Balaban J connectivity index is 1.84. The van der Waals surface area contributed by atoms with E-state index >= 15 is 0 Å². The Bertz CT molecular complexity index is 550. The summed E-state index contributed by atoms with van der Waals surface area (Å²) >= 11 is 6.05. The van der Waals surface area contributed by atoms with Crippen LogP contribution < -0.4 is 9.47 Å². The molecule has 1 aliphatic rings. The van der Waals surface area contributed by atoms with E-state index in [1.165, 1.54) is 12.8 Å². The molecule has 0 N–H and O–H groups in total. The third kappa shape index (κ3) is 6.87. The second-order valence-electron chi connectivity index (χ2n) is 6.79. The van der Waals surface area contributed by atoms with Crippen molar-refractivity contribution in [3.05, 3.63) is 23.2 Å². The monoisotopic (exact) mass is 367 g/mol. The van der Waals surface area contributed by atoms with Crippen molar-refractivity contribution in [1.29, 1.82) is 0 Å². The lowest BCUT2D eigenvalue weighted by atomic mass is 10.1. The summed E-state index contributed by atoms with van der Waals surface area (Å²) in [5, 5.41) is 0.539. The molecule has 1 fully saturated rings. The number of benzene rings is 1. The van der Waals surface area contributed by atoms with E-state index in [1.807, 2.05) is 0 Å². The molecule has 0 aliphatic carbocycles. The molecule has 4 nitrogen and oxygen atoms in total. The highest BCUT2D eigenvalue weighted by molar-refractivity contribution is 6.30. The van der Waals surface area contributed by atoms with Crippen LogP contribution in [0.5, 0.6) is 11.5 Å². The highest BCUT2D eigenvalue weighted by atomic mass is 35.5. The summed E-state index contributed by atoms with van der Waals surface area (Å²) in [6, 6.07) is 5.77. The van der Waals surface area contributed by atoms with Gasteiger partial charge in [-0.1, -0.05) is 37.8 Å². The molecule has 1 heterocycles. The van der Waals surface area contributed by atoms with Crippen molar-refractivity contribution in [2.24, 2.45) is 0 Å². The predicted molar refractivity (Wildman–Crippen MR) is 102 cm³/mol. The Hall–Kier alpha value is -1.26. The van der Waals surface area contributed by atoms with Crippen molar-refractivity contribution in [2.75, 3.05) is 20.2 Å². The number of hydrogen-bond acceptors (Lipinski definition) is 4. The van der Waals surface area contributed by atoms with Crippen LogP contribution in [0.15, 0.2) is 18.2 Å². The topological polar surface area (TPSA) is 38.8 Å². The van der Waals surface area contributed by atoms with Crippen LogP contribution >= 0.6 is 11.6 Å². The molecule has 1 aromatic rings. The van der Waals surface area contributed by atoms with Gasteiger partial charge in [0.05, 0.1) is 6.61 Å². The van der Waals surface area contributed by atoms with Crippen LogP contribution in [0, 0.1) is 0 Å². The van der Waals surface area contributed by atoms with E-state index < -0.39 is 0 Å². The number of nitrogens with zero attached hydrogens (tertiary/aromatic N) is 1. The van der Waals surface area contributed by atoms with E-state index in [0.29, 0.717) is 35.6 Å². The van der Waals surface area contributed by atoms with Crippen LogP contribution in [-0.2, 0) is 4.79 Å². The fourth-order valence-electron chi connectivity index (χ4n) is 3.20. The molecule has 25 heavy (non-hydrogen) atoms. The largest absolute Gasteiger partial charge is 0.490 e. The van der Waals surface area contributed by atoms with E-state index in [-0.39, 0.29) is 5.97 Å². The lowest BCUT2D eigenvalue weighted by molar-refractivity contribution is -0.134. The van der Waals surface area contributed by atoms with Crippen molar-refractivity contribution in [1.82, 2.24) is 4.90 Å². The number of carbonyl (C=O) groups is 1. The standard InChI is InChI=1S/C20H30ClNO3/c1-3-4-5-6-9-20(23)25-19-15-16(21)10-11-18(19)24-14-12-17-8-7-13-22(17)2/h10-11,15,17H,3-9,12-14H2,1-2H3. The molecule has 1 unspecified atom stereocenters. The average molecular weight is 368 g/mol. The minimum Gasteiger partial charge on any atom is -0.490 e. The van der Waals surface area contributed by atoms with Crippen molar-refractivity contribution in [3.8, 4) is 11.5 Å². The lowest BCUT2D eigenvalue weighted by Crippen LogP contribution is -2.26. The molecule has 5 heteroatoms. The van der Waals surface area contributed by atoms with E-state index in [2.05, 4.69) is 18.9 Å². The quantitative estimate of drug-likeness (QED) is 0.328. The highest BCUT2D eigenvalue weighted by Gasteiger charge is 2.20. The predicted octanol–water partition coefficient (Wildman–Crippen LogP) is 5.08. The maximum absolute atomic E-state index is 12.0. The number of halogens is 1. The van der Waals surface area contributed by atoms with Crippen molar-refractivity contribution in [3.63, 3.8) is 0 Å². The Labute approximate surface area is 156 Å². The van der Waals surface area contributed by atoms with Gasteiger partial charge in [0.25, 0.3) is 0 Å². The fourth-order valence-corrected chi connectivity index (χ4v) is 3.36. The highest BCUT2D eigenvalue weighted by Crippen LogP contribution is 2.31. The van der Waals surface area contributed by atoms with Gasteiger partial charge >= 0.3 is 5.97 Å². The van der Waals surface area contributed by atoms with Crippen LogP contribution in [0.1, 0.15) is 58.3 Å². The van der Waals surface area contributed by atoms with Gasteiger partial charge in [-0.25, -0.2) is 0 Å². The van der Waals surface area contributed by atoms with E-state index in [0.717, 1.165) is 38.6 Å². The molecule has 0 saturated carbocycles. The van der Waals surface area contributed by atoms with Gasteiger partial charge in [0.2, 0.25) is 0 Å². The maximum atomic E-state index is 12.0. The van der Waals surface area contributed by atoms with E-state index in [9.17, 15) is 4.79 Å². The van der Waals surface area contributed by atoms with Gasteiger partial charge in [-0.15, -0.1) is 0 Å². The van der Waals surface area contributed by atoms with Crippen LogP contribution in [0.2, 0.25) is 5.02 Å². The van der Waals surface area contributed by atoms with Gasteiger partial charge in [-0.05, 0) is 51.4 Å². The van der Waals surface area contributed by atoms with Gasteiger partial charge in [0.1, 0.15) is 0 Å². The van der Waals surface area contributed by atoms with Gasteiger partial charge in [0.15, 0.2) is 11.5 Å². The summed E-state index contributed by atoms with van der Waals surface area (Å²) < 4.78 is 11.4. The zero-order valence-electron chi connectivity index (χ0n) is 15.4. The molecule has 0 radical (unpaired) electrons. The third-order valence-electron chi connectivity index (χ3n) is 4.74. The van der Waals surface area contributed by atoms with Gasteiger partial charge < -0.3 is 14.4 Å². The Morgan fingerprint density at radius 2 is 2.12 bits per heavy atom. The number of carbonyl (C=O) groups excluding carboxylic acids is 1. The summed E-state index contributed by atoms with van der Waals surface area (Å²) in [4.78, 5) is 14.4. The first-order valence-electron chi connectivity index (χ1n) is 9.43. The zero-order chi connectivity index (χ0) is 18.1. The van der Waals surface area contributed by atoms with E-state index in [4.69, 9.17) is 21.1 Å². The Morgan fingerprint density at radius 3 is 2.84 bits per heavy atom. The molecule has 1 aliphatic heterocycles. The molecule has 0 bridgehead atoms. The summed E-state index contributed by atoms with van der Waals surface area (Å²) in [6.45, 7) is 3.92. The Morgan fingerprint density at radius 1 is 1.28 bits per heavy atom. The number of ether oxygens (including phenoxy) is 2. The second kappa shape index (κ2) is 10.7. The Kier molecular flexibility index (Phi) is 8.56. The van der Waals surface area contributed by atoms with Crippen molar-refractivity contribution >= 4 is 17.6 Å². The number of hydrogen-bond donors (Lipinski definition) is 0. The van der Waals surface area contributed by atoms with Gasteiger partial charge in [-0.2, -0.15) is 0 Å². The SMILES string of the molecule is CCCCCCC(=O)Oc1cc(Cl)ccc1OCCC1CCCN1C. The number of unbranched alkanes of at least 4 members (excludes halogenated alkanes) is 3. The van der Waals surface area contributed by atoms with Crippen LogP contribution in [-0.4, -0.2) is 37.1 Å². The van der Waals surface area contributed by atoms with Crippen molar-refractivity contribution in [2.45, 2.75) is 64.3 Å². The average Bonchev–Trinajstić information content (AvgIpc) is 2.99. The van der Waals surface area contributed by atoms with Crippen LogP contribution in [0.25, 0.3) is 0 Å². The molecule has 0 spiro atoms. The summed E-state index contributed by atoms with van der Waals surface area (Å²) in [5.74, 6) is 0.790. The van der Waals surface area contributed by atoms with Crippen molar-refractivity contribution < 1.29 is 14.3 Å². The molecule has 140 valence electrons. The number of rotatable bonds is 10.